The van der Waals surface area contributed by atoms with E-state index in [0.29, 0.717) is 16.9 Å². The molecule has 1 aliphatic rings. The number of benzene rings is 2. The number of anilines is 1. The Morgan fingerprint density at radius 1 is 1.14 bits per heavy atom. The van der Waals surface area contributed by atoms with Crippen molar-refractivity contribution in [1.29, 1.82) is 0 Å². The van der Waals surface area contributed by atoms with Gasteiger partial charge in [0.05, 0.1) is 24.2 Å². The molecule has 4 rings (SSSR count). The number of hydrogen-bond donors (Lipinski definition) is 1. The molecule has 0 unspecified atom stereocenters. The molecule has 3 amide bonds. The zero-order valence-electron chi connectivity index (χ0n) is 19.2. The molecule has 1 N–H and O–H groups in total. The number of nitrogens with one attached hydrogen (secondary N) is 1. The van der Waals surface area contributed by atoms with Crippen LogP contribution in [0.5, 0.6) is 0 Å². The molecular formula is C22H23N7O5S. The second kappa shape index (κ2) is 8.91. The average molecular weight is 498 g/mol. The lowest BCUT2D eigenvalue weighted by Gasteiger charge is -2.23. The fourth-order valence-electron chi connectivity index (χ4n) is 3.93. The number of amides is 3. The first-order chi connectivity index (χ1) is 16.5. The van der Waals surface area contributed by atoms with Gasteiger partial charge in [-0.3, -0.25) is 18.8 Å². The number of urea groups is 1. The van der Waals surface area contributed by atoms with Gasteiger partial charge in [-0.2, -0.15) is 0 Å². The van der Waals surface area contributed by atoms with Crippen LogP contribution in [0.4, 0.5) is 10.5 Å². The number of carbonyl (C=O) groups excluding carboxylic acids is 3. The molecular weight excluding hydrogens is 474 g/mol. The van der Waals surface area contributed by atoms with Crippen LogP contribution in [0.3, 0.4) is 0 Å². The van der Waals surface area contributed by atoms with E-state index in [0.717, 1.165) is 11.2 Å². The normalized spacial score (nSPS) is 18.0. The van der Waals surface area contributed by atoms with Gasteiger partial charge >= 0.3 is 6.03 Å². The summed E-state index contributed by atoms with van der Waals surface area (Å²) in [6, 6.07) is 12.1. The van der Waals surface area contributed by atoms with Gasteiger partial charge < -0.3 is 5.32 Å². The smallest absolute Gasteiger partial charge is 0.319 e. The lowest BCUT2D eigenvalue weighted by Crippen LogP contribution is -2.41. The molecule has 1 atom stereocenters. The van der Waals surface area contributed by atoms with Crippen LogP contribution in [0.2, 0.25) is 0 Å². The summed E-state index contributed by atoms with van der Waals surface area (Å²) in [5, 5.41) is 13.7. The molecule has 12 nitrogen and oxygen atoms in total. The van der Waals surface area contributed by atoms with E-state index in [4.69, 9.17) is 0 Å². The Hall–Kier alpha value is -4.13. The molecule has 0 saturated carbocycles. The van der Waals surface area contributed by atoms with Gasteiger partial charge in [-0.1, -0.05) is 12.1 Å². The molecule has 1 aliphatic heterocycles. The minimum atomic E-state index is -3.46. The van der Waals surface area contributed by atoms with Gasteiger partial charge in [-0.25, -0.2) is 17.9 Å². The van der Waals surface area contributed by atoms with Gasteiger partial charge in [-0.15, -0.1) is 5.10 Å². The van der Waals surface area contributed by atoms with E-state index < -0.39 is 39.8 Å². The Labute approximate surface area is 201 Å². The number of carbonyl (C=O) groups is 3. The van der Waals surface area contributed by atoms with Gasteiger partial charge in [0.15, 0.2) is 5.78 Å². The van der Waals surface area contributed by atoms with Crippen molar-refractivity contribution in [2.24, 2.45) is 0 Å². The molecule has 3 aromatic rings. The molecule has 2 heterocycles. The van der Waals surface area contributed by atoms with E-state index in [-0.39, 0.29) is 12.1 Å². The Morgan fingerprint density at radius 2 is 1.86 bits per heavy atom. The van der Waals surface area contributed by atoms with Crippen LogP contribution in [0.25, 0.3) is 5.69 Å². The van der Waals surface area contributed by atoms with Crippen molar-refractivity contribution in [3.63, 3.8) is 0 Å². The number of hydrogen-bond acceptors (Lipinski definition) is 8. The Bertz CT molecular complexity index is 1390. The molecule has 0 radical (unpaired) electrons. The summed E-state index contributed by atoms with van der Waals surface area (Å²) in [6.07, 6.45) is 2.51. The average Bonchev–Trinajstić information content (AvgIpc) is 3.43. The van der Waals surface area contributed by atoms with Crippen molar-refractivity contribution < 1.29 is 22.8 Å². The van der Waals surface area contributed by atoms with Crippen LogP contribution in [0, 0.1) is 0 Å². The lowest BCUT2D eigenvalue weighted by atomic mass is 9.91. The molecule has 0 aliphatic carbocycles. The SMILES string of the molecule is CCN(c1ccc(C(=O)CN2C(=O)N[C@@](C)(c3cccc(-n4cnnn4)c3)C2=O)cc1)S(C)(=O)=O. The predicted octanol–water partition coefficient (Wildman–Crippen LogP) is 1.10. The highest BCUT2D eigenvalue weighted by Crippen LogP contribution is 2.30. The third-order valence-electron chi connectivity index (χ3n) is 5.78. The highest BCUT2D eigenvalue weighted by atomic mass is 32.2. The van der Waals surface area contributed by atoms with Crippen LogP contribution < -0.4 is 9.62 Å². The molecule has 0 spiro atoms. The first kappa shape index (κ1) is 24.0. The van der Waals surface area contributed by atoms with Crippen LogP contribution in [0.15, 0.2) is 54.9 Å². The maximum atomic E-state index is 13.3. The van der Waals surface area contributed by atoms with Gasteiger partial charge in [0, 0.05) is 12.1 Å². The third-order valence-corrected chi connectivity index (χ3v) is 7.05. The van der Waals surface area contributed by atoms with Gasteiger partial charge in [-0.05, 0) is 66.2 Å². The first-order valence-corrected chi connectivity index (χ1v) is 12.5. The van der Waals surface area contributed by atoms with Crippen LogP contribution in [-0.4, -0.2) is 70.6 Å². The number of tetrazole rings is 1. The van der Waals surface area contributed by atoms with Crippen molar-refractivity contribution in [2.75, 3.05) is 23.7 Å². The van der Waals surface area contributed by atoms with E-state index in [9.17, 15) is 22.8 Å². The summed E-state index contributed by atoms with van der Waals surface area (Å²) >= 11 is 0. The molecule has 2 aromatic carbocycles. The fraction of sp³-hybridized carbons (Fsp3) is 0.273. The number of imide groups is 1. The van der Waals surface area contributed by atoms with Gasteiger partial charge in [0.25, 0.3) is 5.91 Å². The van der Waals surface area contributed by atoms with Crippen molar-refractivity contribution >= 4 is 33.4 Å². The number of rotatable bonds is 8. The molecule has 182 valence electrons. The number of sulfonamides is 1. The predicted molar refractivity (Wildman–Crippen MR) is 125 cm³/mol. The number of nitrogens with zero attached hydrogens (tertiary/aromatic N) is 6. The minimum Gasteiger partial charge on any atom is -0.319 e. The van der Waals surface area contributed by atoms with Crippen molar-refractivity contribution in [3.05, 3.63) is 66.0 Å². The maximum absolute atomic E-state index is 13.3. The topological polar surface area (TPSA) is 147 Å². The monoisotopic (exact) mass is 497 g/mol. The molecule has 1 saturated heterocycles. The van der Waals surface area contributed by atoms with Crippen LogP contribution >= 0.6 is 0 Å². The molecule has 1 aromatic heterocycles. The zero-order valence-corrected chi connectivity index (χ0v) is 20.1. The Kier molecular flexibility index (Phi) is 6.11. The van der Waals surface area contributed by atoms with E-state index in [1.54, 1.807) is 38.1 Å². The first-order valence-electron chi connectivity index (χ1n) is 10.6. The Balaban J connectivity index is 1.53. The maximum Gasteiger partial charge on any atom is 0.325 e. The zero-order chi connectivity index (χ0) is 25.4. The van der Waals surface area contributed by atoms with E-state index >= 15 is 0 Å². The minimum absolute atomic E-state index is 0.238. The van der Waals surface area contributed by atoms with Crippen molar-refractivity contribution in [3.8, 4) is 5.69 Å². The largest absolute Gasteiger partial charge is 0.325 e. The summed E-state index contributed by atoms with van der Waals surface area (Å²) in [4.78, 5) is 39.7. The standard InChI is InChI=1S/C22H23N7O5S/c1-4-29(35(3,33)34)17-10-8-15(9-11-17)19(30)13-27-20(31)22(2,24-21(27)32)16-6-5-7-18(12-16)28-14-23-25-26-28/h5-12,14H,4,13H2,1-3H3,(H,24,32)/t22-/m0/s1. The summed E-state index contributed by atoms with van der Waals surface area (Å²) in [6.45, 7) is 3.04. The van der Waals surface area contributed by atoms with Crippen molar-refractivity contribution in [2.45, 2.75) is 19.4 Å². The second-order valence-electron chi connectivity index (χ2n) is 8.15. The van der Waals surface area contributed by atoms with Crippen molar-refractivity contribution in [1.82, 2.24) is 30.4 Å². The summed E-state index contributed by atoms with van der Waals surface area (Å²) in [5.74, 6) is -1.04. The lowest BCUT2D eigenvalue weighted by molar-refractivity contribution is -0.130. The van der Waals surface area contributed by atoms with Crippen LogP contribution in [-0.2, 0) is 20.4 Å². The quantitative estimate of drug-likeness (QED) is 0.359. The Morgan fingerprint density at radius 3 is 2.46 bits per heavy atom. The van der Waals surface area contributed by atoms with Crippen LogP contribution in [0.1, 0.15) is 29.8 Å². The van der Waals surface area contributed by atoms with Gasteiger partial charge in [0.1, 0.15) is 11.9 Å². The van der Waals surface area contributed by atoms with E-state index in [1.807, 2.05) is 0 Å². The second-order valence-corrected chi connectivity index (χ2v) is 10.1. The highest BCUT2D eigenvalue weighted by Gasteiger charge is 2.49. The third kappa shape index (κ3) is 4.49. The van der Waals surface area contributed by atoms with Gasteiger partial charge in [0.2, 0.25) is 10.0 Å². The molecule has 1 fully saturated rings. The highest BCUT2D eigenvalue weighted by molar-refractivity contribution is 7.92. The fourth-order valence-corrected chi connectivity index (χ4v) is 4.91. The molecule has 0 bridgehead atoms. The summed E-state index contributed by atoms with van der Waals surface area (Å²) in [7, 11) is -3.46. The number of aromatic nitrogens is 4. The number of ketones is 1. The molecule has 35 heavy (non-hydrogen) atoms. The van der Waals surface area contributed by atoms with E-state index in [2.05, 4.69) is 20.8 Å². The number of Topliss-reactive ketones (excluding diaryl/α,β-unsaturated/α-hetero) is 1. The molecule has 13 heteroatoms. The van der Waals surface area contributed by atoms with E-state index in [1.165, 1.54) is 39.6 Å². The summed E-state index contributed by atoms with van der Waals surface area (Å²) in [5.41, 5.74) is 0.372. The summed E-state index contributed by atoms with van der Waals surface area (Å²) < 4.78 is 26.4.